The average molecular weight is 363 g/mol. The van der Waals surface area contributed by atoms with Crippen molar-refractivity contribution in [3.63, 3.8) is 0 Å². The molecule has 27 heavy (non-hydrogen) atoms. The second-order valence-corrected chi connectivity index (χ2v) is 6.73. The molecule has 2 aromatic carbocycles. The molecule has 0 spiro atoms. The van der Waals surface area contributed by atoms with Gasteiger partial charge in [0.15, 0.2) is 0 Å². The molecule has 5 heteroatoms. The normalized spacial score (nSPS) is 10.8. The number of hydrogen-bond donors (Lipinski definition) is 1. The molecule has 0 atom stereocenters. The number of nitrogens with zero attached hydrogens (tertiary/aromatic N) is 2. The molecule has 0 aliphatic heterocycles. The fourth-order valence-electron chi connectivity index (χ4n) is 2.87. The van der Waals surface area contributed by atoms with E-state index < -0.39 is 0 Å². The molecule has 0 saturated heterocycles. The minimum absolute atomic E-state index is 0.0927. The minimum Gasteiger partial charge on any atom is -0.491 e. The van der Waals surface area contributed by atoms with Crippen molar-refractivity contribution in [3.8, 4) is 5.75 Å². The third-order valence-corrected chi connectivity index (χ3v) is 4.33. The lowest BCUT2D eigenvalue weighted by molar-refractivity contribution is 0.0947. The summed E-state index contributed by atoms with van der Waals surface area (Å²) in [7, 11) is 0. The number of rotatable bonds is 8. The van der Waals surface area contributed by atoms with E-state index in [1.807, 2.05) is 53.2 Å². The molecular formula is C22H25N3O2. The molecule has 0 bridgehead atoms. The Labute approximate surface area is 160 Å². The molecule has 1 N–H and O–H groups in total. The topological polar surface area (TPSA) is 56.1 Å². The highest BCUT2D eigenvalue weighted by Gasteiger charge is 2.08. The fourth-order valence-corrected chi connectivity index (χ4v) is 2.87. The number of carbonyl (C=O) groups is 1. The van der Waals surface area contributed by atoms with Crippen LogP contribution in [-0.2, 0) is 6.54 Å². The molecule has 0 aliphatic carbocycles. The molecule has 0 radical (unpaired) electrons. The second-order valence-electron chi connectivity index (χ2n) is 6.73. The zero-order chi connectivity index (χ0) is 19.1. The fraction of sp³-hybridized carbons (Fsp3) is 0.273. The van der Waals surface area contributed by atoms with Crippen LogP contribution in [0.25, 0.3) is 0 Å². The van der Waals surface area contributed by atoms with Gasteiger partial charge in [-0.05, 0) is 35.2 Å². The van der Waals surface area contributed by atoms with Gasteiger partial charge in [-0.25, -0.2) is 4.98 Å². The molecule has 3 aromatic rings. The third-order valence-electron chi connectivity index (χ3n) is 4.33. The van der Waals surface area contributed by atoms with Crippen LogP contribution in [-0.4, -0.2) is 28.6 Å². The van der Waals surface area contributed by atoms with E-state index in [1.54, 1.807) is 12.5 Å². The Bertz CT molecular complexity index is 856. The summed E-state index contributed by atoms with van der Waals surface area (Å²) in [6.45, 7) is 5.92. The van der Waals surface area contributed by atoms with E-state index >= 15 is 0 Å². The lowest BCUT2D eigenvalue weighted by Gasteiger charge is -2.14. The highest BCUT2D eigenvalue weighted by atomic mass is 16.5. The molecule has 0 aliphatic rings. The van der Waals surface area contributed by atoms with Crippen LogP contribution in [0.1, 0.15) is 41.3 Å². The standard InChI is InChI=1S/C22H25N3O2/c1-17(2)20-5-3-4-6-21(20)27-14-12-24-22(26)19-9-7-18(8-10-19)15-25-13-11-23-16-25/h3-11,13,16-17H,12,14-15H2,1-2H3,(H,24,26). The first-order chi connectivity index (χ1) is 13.1. The lowest BCUT2D eigenvalue weighted by Crippen LogP contribution is -2.28. The first kappa shape index (κ1) is 18.7. The second kappa shape index (κ2) is 9.03. The number of ether oxygens (including phenoxy) is 1. The van der Waals surface area contributed by atoms with Gasteiger partial charge in [0.2, 0.25) is 0 Å². The van der Waals surface area contributed by atoms with E-state index in [2.05, 4.69) is 30.2 Å². The highest BCUT2D eigenvalue weighted by Crippen LogP contribution is 2.25. The monoisotopic (exact) mass is 363 g/mol. The van der Waals surface area contributed by atoms with Crippen LogP contribution in [0.4, 0.5) is 0 Å². The van der Waals surface area contributed by atoms with Crippen LogP contribution >= 0.6 is 0 Å². The molecule has 1 amide bonds. The van der Waals surface area contributed by atoms with Gasteiger partial charge in [0.05, 0.1) is 12.9 Å². The van der Waals surface area contributed by atoms with Crippen molar-refractivity contribution in [2.45, 2.75) is 26.3 Å². The van der Waals surface area contributed by atoms with Crippen molar-refractivity contribution >= 4 is 5.91 Å². The lowest BCUT2D eigenvalue weighted by atomic mass is 10.0. The summed E-state index contributed by atoms with van der Waals surface area (Å²) in [5.74, 6) is 1.19. The summed E-state index contributed by atoms with van der Waals surface area (Å²) in [6.07, 6.45) is 5.44. The smallest absolute Gasteiger partial charge is 0.251 e. The van der Waals surface area contributed by atoms with E-state index in [1.165, 1.54) is 5.56 Å². The molecule has 0 saturated carbocycles. The maximum Gasteiger partial charge on any atom is 0.251 e. The number of amides is 1. The van der Waals surface area contributed by atoms with Crippen molar-refractivity contribution in [3.05, 3.63) is 83.9 Å². The number of nitrogens with one attached hydrogen (secondary N) is 1. The number of benzene rings is 2. The predicted molar refractivity (Wildman–Crippen MR) is 106 cm³/mol. The maximum atomic E-state index is 12.3. The van der Waals surface area contributed by atoms with Gasteiger partial charge in [0.25, 0.3) is 5.91 Å². The van der Waals surface area contributed by atoms with Gasteiger partial charge < -0.3 is 14.6 Å². The Kier molecular flexibility index (Phi) is 6.26. The Morgan fingerprint density at radius 1 is 1.15 bits per heavy atom. The molecule has 0 fully saturated rings. The van der Waals surface area contributed by atoms with Crippen molar-refractivity contribution in [1.82, 2.24) is 14.9 Å². The van der Waals surface area contributed by atoms with Crippen LogP contribution < -0.4 is 10.1 Å². The van der Waals surface area contributed by atoms with Gasteiger partial charge in [-0.2, -0.15) is 0 Å². The van der Waals surface area contributed by atoms with Crippen molar-refractivity contribution < 1.29 is 9.53 Å². The average Bonchev–Trinajstić information content (AvgIpc) is 3.19. The number of carbonyl (C=O) groups excluding carboxylic acids is 1. The van der Waals surface area contributed by atoms with Gasteiger partial charge in [-0.15, -0.1) is 0 Å². The Balaban J connectivity index is 1.47. The summed E-state index contributed by atoms with van der Waals surface area (Å²) in [5, 5.41) is 2.90. The Hall–Kier alpha value is -3.08. The third kappa shape index (κ3) is 5.20. The summed E-state index contributed by atoms with van der Waals surface area (Å²) in [4.78, 5) is 16.3. The SMILES string of the molecule is CC(C)c1ccccc1OCCNC(=O)c1ccc(Cn2ccnc2)cc1. The van der Waals surface area contributed by atoms with Crippen molar-refractivity contribution in [2.24, 2.45) is 0 Å². The number of imidazole rings is 1. The molecule has 140 valence electrons. The minimum atomic E-state index is -0.0927. The van der Waals surface area contributed by atoms with Crippen molar-refractivity contribution in [2.75, 3.05) is 13.2 Å². The zero-order valence-corrected chi connectivity index (χ0v) is 15.8. The quantitative estimate of drug-likeness (QED) is 0.618. The molecule has 1 heterocycles. The summed E-state index contributed by atoms with van der Waals surface area (Å²) < 4.78 is 7.83. The van der Waals surface area contributed by atoms with Crippen LogP contribution in [0.2, 0.25) is 0 Å². The first-order valence-electron chi connectivity index (χ1n) is 9.18. The predicted octanol–water partition coefficient (Wildman–Crippen LogP) is 3.86. The molecular weight excluding hydrogens is 338 g/mol. The van der Waals surface area contributed by atoms with Gasteiger partial charge in [-0.3, -0.25) is 4.79 Å². The van der Waals surface area contributed by atoms with Gasteiger partial charge >= 0.3 is 0 Å². The van der Waals surface area contributed by atoms with Crippen molar-refractivity contribution in [1.29, 1.82) is 0 Å². The highest BCUT2D eigenvalue weighted by molar-refractivity contribution is 5.94. The summed E-state index contributed by atoms with van der Waals surface area (Å²) >= 11 is 0. The number of aromatic nitrogens is 2. The summed E-state index contributed by atoms with van der Waals surface area (Å²) in [6, 6.07) is 15.6. The molecule has 3 rings (SSSR count). The van der Waals surface area contributed by atoms with E-state index in [0.717, 1.165) is 17.9 Å². The molecule has 0 unspecified atom stereocenters. The first-order valence-corrected chi connectivity index (χ1v) is 9.18. The van der Waals surface area contributed by atoms with Gasteiger partial charge in [0, 0.05) is 24.5 Å². The number of para-hydroxylation sites is 1. The maximum absolute atomic E-state index is 12.3. The van der Waals surface area contributed by atoms with Crippen LogP contribution in [0.5, 0.6) is 5.75 Å². The van der Waals surface area contributed by atoms with E-state index in [4.69, 9.17) is 4.74 Å². The number of hydrogen-bond acceptors (Lipinski definition) is 3. The van der Waals surface area contributed by atoms with Crippen LogP contribution in [0.3, 0.4) is 0 Å². The van der Waals surface area contributed by atoms with Crippen LogP contribution in [0.15, 0.2) is 67.3 Å². The molecule has 1 aromatic heterocycles. The summed E-state index contributed by atoms with van der Waals surface area (Å²) in [5.41, 5.74) is 2.95. The Morgan fingerprint density at radius 2 is 1.93 bits per heavy atom. The van der Waals surface area contributed by atoms with E-state index in [-0.39, 0.29) is 5.91 Å². The van der Waals surface area contributed by atoms with E-state index in [0.29, 0.717) is 24.6 Å². The van der Waals surface area contributed by atoms with E-state index in [9.17, 15) is 4.79 Å². The zero-order valence-electron chi connectivity index (χ0n) is 15.8. The largest absolute Gasteiger partial charge is 0.491 e. The van der Waals surface area contributed by atoms with Gasteiger partial charge in [0.1, 0.15) is 12.4 Å². The van der Waals surface area contributed by atoms with Crippen LogP contribution in [0, 0.1) is 0 Å². The Morgan fingerprint density at radius 3 is 2.63 bits per heavy atom. The molecule has 5 nitrogen and oxygen atoms in total. The van der Waals surface area contributed by atoms with Gasteiger partial charge in [-0.1, -0.05) is 44.2 Å².